The predicted octanol–water partition coefficient (Wildman–Crippen LogP) is 3.28. The fraction of sp³-hybridized carbons (Fsp3) is 0.263. The zero-order valence-corrected chi connectivity index (χ0v) is 14.0. The number of amides is 1. The second-order valence-electron chi connectivity index (χ2n) is 5.53. The minimum atomic E-state index is -1.00. The standard InChI is InChI=1S/C19H22N2O3/c1-4-11-21(15-9-7-6-8-10-15)17(22)12-16-18(19(23)24)14(3)13-20(16)5-2/h4,6-10,13H,1,5,11-12H2,2-3H3,(H,23,24). The summed E-state index contributed by atoms with van der Waals surface area (Å²) in [7, 11) is 0. The van der Waals surface area contributed by atoms with E-state index in [0.717, 1.165) is 5.69 Å². The van der Waals surface area contributed by atoms with Crippen molar-refractivity contribution in [2.24, 2.45) is 0 Å². The number of nitrogens with zero attached hydrogens (tertiary/aromatic N) is 2. The van der Waals surface area contributed by atoms with Crippen LogP contribution in [0.3, 0.4) is 0 Å². The fourth-order valence-electron chi connectivity index (χ4n) is 2.84. The molecule has 0 saturated carbocycles. The summed E-state index contributed by atoms with van der Waals surface area (Å²) in [5.41, 5.74) is 2.20. The first-order valence-electron chi connectivity index (χ1n) is 7.87. The lowest BCUT2D eigenvalue weighted by molar-refractivity contribution is -0.118. The van der Waals surface area contributed by atoms with E-state index >= 15 is 0 Å². The number of aryl methyl sites for hydroxylation is 2. The van der Waals surface area contributed by atoms with Crippen LogP contribution >= 0.6 is 0 Å². The van der Waals surface area contributed by atoms with Gasteiger partial charge >= 0.3 is 5.97 Å². The maximum Gasteiger partial charge on any atom is 0.337 e. The van der Waals surface area contributed by atoms with Crippen LogP contribution in [0.2, 0.25) is 0 Å². The normalized spacial score (nSPS) is 10.4. The Morgan fingerprint density at radius 2 is 1.96 bits per heavy atom. The molecule has 1 aromatic carbocycles. The minimum absolute atomic E-state index is 0.0338. The van der Waals surface area contributed by atoms with Gasteiger partial charge in [-0.3, -0.25) is 4.79 Å². The van der Waals surface area contributed by atoms with Gasteiger partial charge in [-0.25, -0.2) is 4.79 Å². The Bertz CT molecular complexity index is 747. The number of benzene rings is 1. The molecule has 0 aliphatic heterocycles. The van der Waals surface area contributed by atoms with Gasteiger partial charge in [-0.2, -0.15) is 0 Å². The van der Waals surface area contributed by atoms with Crippen LogP contribution in [0.1, 0.15) is 28.5 Å². The van der Waals surface area contributed by atoms with Crippen LogP contribution in [0, 0.1) is 6.92 Å². The summed E-state index contributed by atoms with van der Waals surface area (Å²) in [4.78, 5) is 26.0. The van der Waals surface area contributed by atoms with Gasteiger partial charge in [-0.05, 0) is 31.5 Å². The summed E-state index contributed by atoms with van der Waals surface area (Å²) in [6.07, 6.45) is 3.48. The van der Waals surface area contributed by atoms with Crippen molar-refractivity contribution in [1.29, 1.82) is 0 Å². The number of para-hydroxylation sites is 1. The van der Waals surface area contributed by atoms with Crippen molar-refractivity contribution in [1.82, 2.24) is 4.57 Å². The zero-order valence-electron chi connectivity index (χ0n) is 14.0. The first-order chi connectivity index (χ1) is 11.5. The van der Waals surface area contributed by atoms with Gasteiger partial charge in [-0.15, -0.1) is 6.58 Å². The highest BCUT2D eigenvalue weighted by atomic mass is 16.4. The third-order valence-corrected chi connectivity index (χ3v) is 3.93. The Balaban J connectivity index is 2.37. The van der Waals surface area contributed by atoms with E-state index in [1.54, 1.807) is 24.1 Å². The molecular weight excluding hydrogens is 304 g/mol. The third-order valence-electron chi connectivity index (χ3n) is 3.93. The van der Waals surface area contributed by atoms with Crippen molar-refractivity contribution in [3.05, 3.63) is 66.0 Å². The van der Waals surface area contributed by atoms with Crippen LogP contribution in [-0.4, -0.2) is 28.1 Å². The number of carboxylic acid groups (broad SMARTS) is 1. The number of carbonyl (C=O) groups excluding carboxylic acids is 1. The molecule has 1 heterocycles. The molecule has 1 N–H and O–H groups in total. The lowest BCUT2D eigenvalue weighted by atomic mass is 10.1. The molecule has 0 atom stereocenters. The molecule has 24 heavy (non-hydrogen) atoms. The van der Waals surface area contributed by atoms with Crippen molar-refractivity contribution in [3.63, 3.8) is 0 Å². The lowest BCUT2D eigenvalue weighted by Crippen LogP contribution is -2.33. The van der Waals surface area contributed by atoms with Gasteiger partial charge < -0.3 is 14.6 Å². The Morgan fingerprint density at radius 1 is 1.29 bits per heavy atom. The van der Waals surface area contributed by atoms with E-state index in [4.69, 9.17) is 0 Å². The van der Waals surface area contributed by atoms with E-state index in [2.05, 4.69) is 6.58 Å². The van der Waals surface area contributed by atoms with Crippen LogP contribution < -0.4 is 4.90 Å². The predicted molar refractivity (Wildman–Crippen MR) is 94.5 cm³/mol. The smallest absolute Gasteiger partial charge is 0.337 e. The zero-order chi connectivity index (χ0) is 17.7. The fourth-order valence-corrected chi connectivity index (χ4v) is 2.84. The number of hydrogen-bond acceptors (Lipinski definition) is 2. The summed E-state index contributed by atoms with van der Waals surface area (Å²) in [5.74, 6) is -1.16. The van der Waals surface area contributed by atoms with Crippen molar-refractivity contribution in [2.45, 2.75) is 26.8 Å². The van der Waals surface area contributed by atoms with Crippen LogP contribution in [0.4, 0.5) is 5.69 Å². The van der Waals surface area contributed by atoms with E-state index in [1.807, 2.05) is 41.8 Å². The van der Waals surface area contributed by atoms with Crippen molar-refractivity contribution < 1.29 is 14.7 Å². The molecule has 2 rings (SSSR count). The van der Waals surface area contributed by atoms with E-state index < -0.39 is 5.97 Å². The molecule has 2 aromatic rings. The summed E-state index contributed by atoms with van der Waals surface area (Å²) < 4.78 is 1.83. The average molecular weight is 326 g/mol. The molecule has 126 valence electrons. The summed E-state index contributed by atoms with van der Waals surface area (Å²) >= 11 is 0. The summed E-state index contributed by atoms with van der Waals surface area (Å²) in [6, 6.07) is 9.31. The first-order valence-corrected chi connectivity index (χ1v) is 7.87. The molecule has 1 amide bonds. The molecule has 0 unspecified atom stereocenters. The molecule has 0 bridgehead atoms. The molecule has 0 aliphatic rings. The highest BCUT2D eigenvalue weighted by molar-refractivity contribution is 5.98. The van der Waals surface area contributed by atoms with Crippen molar-refractivity contribution >= 4 is 17.6 Å². The van der Waals surface area contributed by atoms with Gasteiger partial charge in [0.15, 0.2) is 0 Å². The molecule has 0 radical (unpaired) electrons. The monoisotopic (exact) mass is 326 g/mol. The second-order valence-corrected chi connectivity index (χ2v) is 5.53. The maximum absolute atomic E-state index is 12.8. The van der Waals surface area contributed by atoms with Gasteiger partial charge in [0.05, 0.1) is 12.0 Å². The number of aromatic carboxylic acids is 1. The third kappa shape index (κ3) is 3.56. The molecule has 0 saturated heterocycles. The van der Waals surface area contributed by atoms with E-state index in [0.29, 0.717) is 24.3 Å². The number of carboxylic acids is 1. The number of anilines is 1. The molecular formula is C19H22N2O3. The van der Waals surface area contributed by atoms with E-state index in [9.17, 15) is 14.7 Å². The first kappa shape index (κ1) is 17.5. The topological polar surface area (TPSA) is 62.5 Å². The minimum Gasteiger partial charge on any atom is -0.478 e. The van der Waals surface area contributed by atoms with Gasteiger partial charge in [-0.1, -0.05) is 24.3 Å². The molecule has 0 fully saturated rings. The molecule has 1 aromatic heterocycles. The molecule has 5 nitrogen and oxygen atoms in total. The van der Waals surface area contributed by atoms with E-state index in [-0.39, 0.29) is 17.9 Å². The van der Waals surface area contributed by atoms with Gasteiger partial charge in [0.25, 0.3) is 0 Å². The Morgan fingerprint density at radius 3 is 2.50 bits per heavy atom. The largest absolute Gasteiger partial charge is 0.478 e. The van der Waals surface area contributed by atoms with Crippen LogP contribution in [0.5, 0.6) is 0 Å². The second kappa shape index (κ2) is 7.64. The highest BCUT2D eigenvalue weighted by Gasteiger charge is 2.23. The molecule has 0 spiro atoms. The molecule has 0 aliphatic carbocycles. The maximum atomic E-state index is 12.8. The number of carbonyl (C=O) groups is 2. The van der Waals surface area contributed by atoms with Gasteiger partial charge in [0, 0.05) is 30.7 Å². The summed E-state index contributed by atoms with van der Waals surface area (Å²) in [6.45, 7) is 8.37. The average Bonchev–Trinajstić information content (AvgIpc) is 2.88. The SMILES string of the molecule is C=CCN(C(=O)Cc1c(C(=O)O)c(C)cn1CC)c1ccccc1. The van der Waals surface area contributed by atoms with Crippen LogP contribution in [-0.2, 0) is 17.8 Å². The van der Waals surface area contributed by atoms with Crippen molar-refractivity contribution in [3.8, 4) is 0 Å². The Kier molecular flexibility index (Phi) is 5.58. The highest BCUT2D eigenvalue weighted by Crippen LogP contribution is 2.21. The number of rotatable bonds is 7. The lowest BCUT2D eigenvalue weighted by Gasteiger charge is -2.22. The molecule has 5 heteroatoms. The van der Waals surface area contributed by atoms with Gasteiger partial charge in [0.1, 0.15) is 0 Å². The van der Waals surface area contributed by atoms with E-state index in [1.165, 1.54) is 0 Å². The Hall–Kier alpha value is -2.82. The quantitative estimate of drug-likeness (QED) is 0.794. The summed E-state index contributed by atoms with van der Waals surface area (Å²) in [5, 5.41) is 9.47. The van der Waals surface area contributed by atoms with Crippen LogP contribution in [0.15, 0.2) is 49.2 Å². The van der Waals surface area contributed by atoms with Gasteiger partial charge in [0.2, 0.25) is 5.91 Å². The van der Waals surface area contributed by atoms with Crippen LogP contribution in [0.25, 0.3) is 0 Å². The Labute approximate surface area is 141 Å². The van der Waals surface area contributed by atoms with Crippen molar-refractivity contribution in [2.75, 3.05) is 11.4 Å². The number of hydrogen-bond donors (Lipinski definition) is 1. The number of aromatic nitrogens is 1.